The zero-order chi connectivity index (χ0) is 8.55. The first-order valence-electron chi connectivity index (χ1n) is 4.58. The predicted molar refractivity (Wildman–Crippen MR) is 49.2 cm³/mol. The van der Waals surface area contributed by atoms with Gasteiger partial charge in [0.2, 0.25) is 0 Å². The Labute approximate surface area is 73.0 Å². The van der Waals surface area contributed by atoms with Gasteiger partial charge in [-0.3, -0.25) is 0 Å². The van der Waals surface area contributed by atoms with Crippen LogP contribution in [0.25, 0.3) is 0 Å². The smallest absolute Gasteiger partial charge is 0.0649 e. The molecule has 64 valence electrons. The first-order chi connectivity index (χ1) is 5.83. The van der Waals surface area contributed by atoms with E-state index in [2.05, 4.69) is 25.1 Å². The van der Waals surface area contributed by atoms with Crippen LogP contribution in [-0.2, 0) is 6.42 Å². The second kappa shape index (κ2) is 2.91. The molecular formula is C11H14O. The number of aliphatic hydroxyl groups is 1. The van der Waals surface area contributed by atoms with Gasteiger partial charge in [-0.25, -0.2) is 0 Å². The summed E-state index contributed by atoms with van der Waals surface area (Å²) in [4.78, 5) is 0. The standard InChI is InChI=1S/C11H14O/c1-2-9-10-6-4-3-5-8(10)7-11(9)12/h3-6,9,11-12H,2,7H2,1H3/t9-,11-/m1/s1. The van der Waals surface area contributed by atoms with Crippen LogP contribution in [0.15, 0.2) is 24.3 Å². The molecule has 0 heterocycles. The molecule has 1 aromatic carbocycles. The van der Waals surface area contributed by atoms with Gasteiger partial charge in [0.1, 0.15) is 0 Å². The molecule has 0 saturated carbocycles. The second-order valence-corrected chi connectivity index (χ2v) is 3.49. The van der Waals surface area contributed by atoms with Crippen molar-refractivity contribution < 1.29 is 5.11 Å². The summed E-state index contributed by atoms with van der Waals surface area (Å²) in [6.45, 7) is 2.13. The monoisotopic (exact) mass is 162 g/mol. The molecule has 0 radical (unpaired) electrons. The minimum atomic E-state index is -0.146. The molecule has 2 atom stereocenters. The lowest BCUT2D eigenvalue weighted by molar-refractivity contribution is 0.154. The lowest BCUT2D eigenvalue weighted by Gasteiger charge is -2.12. The molecule has 12 heavy (non-hydrogen) atoms. The Morgan fingerprint density at radius 3 is 2.92 bits per heavy atom. The predicted octanol–water partition coefficient (Wildman–Crippen LogP) is 2.10. The van der Waals surface area contributed by atoms with Crippen LogP contribution < -0.4 is 0 Å². The summed E-state index contributed by atoms with van der Waals surface area (Å²) in [7, 11) is 0. The van der Waals surface area contributed by atoms with Gasteiger partial charge in [0, 0.05) is 5.92 Å². The van der Waals surface area contributed by atoms with E-state index < -0.39 is 0 Å². The zero-order valence-corrected chi connectivity index (χ0v) is 7.33. The van der Waals surface area contributed by atoms with E-state index in [1.54, 1.807) is 0 Å². The molecule has 1 aromatic rings. The van der Waals surface area contributed by atoms with Gasteiger partial charge in [-0.2, -0.15) is 0 Å². The van der Waals surface area contributed by atoms with Crippen molar-refractivity contribution in [1.29, 1.82) is 0 Å². The number of benzene rings is 1. The van der Waals surface area contributed by atoms with Gasteiger partial charge in [0.05, 0.1) is 6.10 Å². The lowest BCUT2D eigenvalue weighted by atomic mass is 9.97. The topological polar surface area (TPSA) is 20.2 Å². The summed E-state index contributed by atoms with van der Waals surface area (Å²) in [5, 5.41) is 9.71. The summed E-state index contributed by atoms with van der Waals surface area (Å²) >= 11 is 0. The van der Waals surface area contributed by atoms with Gasteiger partial charge in [-0.05, 0) is 24.0 Å². The van der Waals surface area contributed by atoms with Gasteiger partial charge in [-0.1, -0.05) is 31.2 Å². The van der Waals surface area contributed by atoms with Crippen molar-refractivity contribution in [2.24, 2.45) is 0 Å². The molecule has 1 aliphatic carbocycles. The minimum Gasteiger partial charge on any atom is -0.392 e. The van der Waals surface area contributed by atoms with Crippen LogP contribution in [0.3, 0.4) is 0 Å². The number of rotatable bonds is 1. The Bertz CT molecular complexity index is 280. The maximum Gasteiger partial charge on any atom is 0.0649 e. The summed E-state index contributed by atoms with van der Waals surface area (Å²) in [6, 6.07) is 8.36. The average Bonchev–Trinajstić information content (AvgIpc) is 2.40. The van der Waals surface area contributed by atoms with Crippen LogP contribution >= 0.6 is 0 Å². The molecule has 1 heteroatoms. The lowest BCUT2D eigenvalue weighted by Crippen LogP contribution is -2.11. The molecule has 1 nitrogen and oxygen atoms in total. The summed E-state index contributed by atoms with van der Waals surface area (Å²) in [6.07, 6.45) is 1.74. The SMILES string of the molecule is CC[C@@H]1c2ccccc2C[C@H]1O. The van der Waals surface area contributed by atoms with E-state index in [9.17, 15) is 5.11 Å². The third-order valence-electron chi connectivity index (χ3n) is 2.79. The fraction of sp³-hybridized carbons (Fsp3) is 0.455. The molecule has 1 N–H and O–H groups in total. The molecule has 0 bridgehead atoms. The molecule has 0 amide bonds. The molecule has 0 saturated heterocycles. The van der Waals surface area contributed by atoms with Crippen LogP contribution in [0.5, 0.6) is 0 Å². The maximum absolute atomic E-state index is 9.71. The quantitative estimate of drug-likeness (QED) is 0.670. The van der Waals surface area contributed by atoms with E-state index in [0.29, 0.717) is 5.92 Å². The zero-order valence-electron chi connectivity index (χ0n) is 7.33. The van der Waals surface area contributed by atoms with Crippen molar-refractivity contribution in [2.75, 3.05) is 0 Å². The fourth-order valence-corrected chi connectivity index (χ4v) is 2.15. The Morgan fingerprint density at radius 2 is 2.17 bits per heavy atom. The first-order valence-corrected chi connectivity index (χ1v) is 4.58. The first kappa shape index (κ1) is 7.81. The van der Waals surface area contributed by atoms with E-state index in [0.717, 1.165) is 12.8 Å². The Kier molecular flexibility index (Phi) is 1.89. The highest BCUT2D eigenvalue weighted by Crippen LogP contribution is 2.34. The highest BCUT2D eigenvalue weighted by Gasteiger charge is 2.28. The highest BCUT2D eigenvalue weighted by atomic mass is 16.3. The Morgan fingerprint density at radius 1 is 1.42 bits per heavy atom. The van der Waals surface area contributed by atoms with Crippen molar-refractivity contribution in [3.63, 3.8) is 0 Å². The Balaban J connectivity index is 2.40. The van der Waals surface area contributed by atoms with E-state index in [4.69, 9.17) is 0 Å². The molecule has 0 spiro atoms. The van der Waals surface area contributed by atoms with Gasteiger partial charge in [0.15, 0.2) is 0 Å². The Hall–Kier alpha value is -0.820. The maximum atomic E-state index is 9.71. The van der Waals surface area contributed by atoms with Gasteiger partial charge >= 0.3 is 0 Å². The summed E-state index contributed by atoms with van der Waals surface area (Å²) < 4.78 is 0. The molecule has 2 rings (SSSR count). The molecule has 0 unspecified atom stereocenters. The van der Waals surface area contributed by atoms with Crippen LogP contribution in [0, 0.1) is 0 Å². The number of aliphatic hydroxyl groups excluding tert-OH is 1. The third kappa shape index (κ3) is 1.05. The molecule has 1 aliphatic rings. The van der Waals surface area contributed by atoms with Crippen molar-refractivity contribution in [2.45, 2.75) is 31.8 Å². The second-order valence-electron chi connectivity index (χ2n) is 3.49. The van der Waals surface area contributed by atoms with E-state index in [-0.39, 0.29) is 6.10 Å². The van der Waals surface area contributed by atoms with Crippen molar-refractivity contribution >= 4 is 0 Å². The summed E-state index contributed by atoms with van der Waals surface area (Å²) in [5.74, 6) is 0.376. The number of hydrogen-bond acceptors (Lipinski definition) is 1. The number of hydrogen-bond donors (Lipinski definition) is 1. The van der Waals surface area contributed by atoms with Crippen LogP contribution in [-0.4, -0.2) is 11.2 Å². The molecule has 0 aliphatic heterocycles. The van der Waals surface area contributed by atoms with Gasteiger partial charge in [0.25, 0.3) is 0 Å². The highest BCUT2D eigenvalue weighted by molar-refractivity contribution is 5.36. The van der Waals surface area contributed by atoms with E-state index in [1.807, 2.05) is 6.07 Å². The van der Waals surface area contributed by atoms with Crippen molar-refractivity contribution in [3.8, 4) is 0 Å². The van der Waals surface area contributed by atoms with Crippen LogP contribution in [0.1, 0.15) is 30.4 Å². The third-order valence-corrected chi connectivity index (χ3v) is 2.79. The molecule has 0 fully saturated rings. The number of fused-ring (bicyclic) bond motifs is 1. The normalized spacial score (nSPS) is 27.2. The van der Waals surface area contributed by atoms with Gasteiger partial charge < -0.3 is 5.11 Å². The average molecular weight is 162 g/mol. The molecular weight excluding hydrogens is 148 g/mol. The van der Waals surface area contributed by atoms with E-state index in [1.165, 1.54) is 11.1 Å². The van der Waals surface area contributed by atoms with Gasteiger partial charge in [-0.15, -0.1) is 0 Å². The fourth-order valence-electron chi connectivity index (χ4n) is 2.15. The largest absolute Gasteiger partial charge is 0.392 e. The van der Waals surface area contributed by atoms with Crippen LogP contribution in [0.4, 0.5) is 0 Å². The van der Waals surface area contributed by atoms with Crippen LogP contribution in [0.2, 0.25) is 0 Å². The summed E-state index contributed by atoms with van der Waals surface area (Å²) in [5.41, 5.74) is 2.68. The van der Waals surface area contributed by atoms with E-state index >= 15 is 0 Å². The van der Waals surface area contributed by atoms with Crippen molar-refractivity contribution in [1.82, 2.24) is 0 Å². The molecule has 0 aromatic heterocycles. The minimum absolute atomic E-state index is 0.146. The van der Waals surface area contributed by atoms with Crippen molar-refractivity contribution in [3.05, 3.63) is 35.4 Å².